The fraction of sp³-hybridized carbons (Fsp3) is 0.316. The van der Waals surface area contributed by atoms with E-state index < -0.39 is 0 Å². The number of fused-ring (bicyclic) bond motifs is 1. The Bertz CT molecular complexity index is 787. The highest BCUT2D eigenvalue weighted by atomic mass is 35.5. The molecule has 0 amide bonds. The van der Waals surface area contributed by atoms with Gasteiger partial charge in [0.05, 0.1) is 11.4 Å². The Morgan fingerprint density at radius 3 is 2.62 bits per heavy atom. The zero-order valence-corrected chi connectivity index (χ0v) is 15.1. The normalized spacial score (nSPS) is 17.8. The molecule has 6 nitrogen and oxygen atoms in total. The summed E-state index contributed by atoms with van der Waals surface area (Å²) in [4.78, 5) is 7.49. The zero-order chi connectivity index (χ0) is 17.8. The molecule has 0 aromatic heterocycles. The number of nitrogens with one attached hydrogen (secondary N) is 4. The first-order chi connectivity index (χ1) is 12.8. The minimum atomic E-state index is -0.216. The third-order valence-corrected chi connectivity index (χ3v) is 5.09. The van der Waals surface area contributed by atoms with Crippen LogP contribution >= 0.6 is 11.8 Å². The molecule has 1 saturated heterocycles. The maximum Gasteiger partial charge on any atom is 0.142 e. The number of nitrogens with zero attached hydrogens (tertiary/aromatic N) is 1. The molecular weight excluding hydrogens is 350 g/mol. The minimum absolute atomic E-state index is 0.216. The Morgan fingerprint density at radius 2 is 1.85 bits per heavy atom. The third-order valence-electron chi connectivity index (χ3n) is 4.87. The third kappa shape index (κ3) is 3.49. The van der Waals surface area contributed by atoms with Crippen molar-refractivity contribution >= 4 is 34.7 Å². The van der Waals surface area contributed by atoms with Crippen molar-refractivity contribution in [2.24, 2.45) is 4.99 Å². The summed E-state index contributed by atoms with van der Waals surface area (Å²) in [6, 6.07) is 16.1. The molecule has 0 unspecified atom stereocenters. The minimum Gasteiger partial charge on any atom is -0.381 e. The van der Waals surface area contributed by atoms with Crippen LogP contribution in [0.1, 0.15) is 18.4 Å². The summed E-state index contributed by atoms with van der Waals surface area (Å²) in [5.74, 6) is 0.915. The second kappa shape index (κ2) is 7.53. The Labute approximate surface area is 158 Å². The van der Waals surface area contributed by atoms with Gasteiger partial charge in [0.25, 0.3) is 0 Å². The van der Waals surface area contributed by atoms with Gasteiger partial charge in [0, 0.05) is 50.1 Å². The van der Waals surface area contributed by atoms with Crippen molar-refractivity contribution in [3.63, 3.8) is 0 Å². The topological polar surface area (TPSA) is 69.7 Å². The van der Waals surface area contributed by atoms with E-state index in [0.29, 0.717) is 6.54 Å². The van der Waals surface area contributed by atoms with Gasteiger partial charge in [-0.2, -0.15) is 0 Å². The van der Waals surface area contributed by atoms with Crippen molar-refractivity contribution in [2.75, 3.05) is 23.4 Å². The number of benzene rings is 2. The molecule has 2 aliphatic heterocycles. The molecule has 2 aromatic carbocycles. The number of hydrogen-bond acceptors (Lipinski definition) is 6. The van der Waals surface area contributed by atoms with E-state index in [1.165, 1.54) is 0 Å². The van der Waals surface area contributed by atoms with Crippen LogP contribution in [-0.2, 0) is 11.3 Å². The molecule has 2 aromatic rings. The predicted molar refractivity (Wildman–Crippen MR) is 106 cm³/mol. The van der Waals surface area contributed by atoms with Crippen molar-refractivity contribution < 1.29 is 4.74 Å². The lowest BCUT2D eigenvalue weighted by atomic mass is 9.87. The monoisotopic (exact) mass is 371 g/mol. The lowest BCUT2D eigenvalue weighted by Gasteiger charge is -2.42. The van der Waals surface area contributed by atoms with Crippen molar-refractivity contribution in [3.8, 4) is 0 Å². The first kappa shape index (κ1) is 17.1. The molecule has 0 radical (unpaired) electrons. The maximum absolute atomic E-state index is 5.60. The summed E-state index contributed by atoms with van der Waals surface area (Å²) in [7, 11) is 0. The molecule has 4 N–H and O–H groups in total. The lowest BCUT2D eigenvalue weighted by Crippen LogP contribution is -2.59. The molecule has 7 heteroatoms. The highest BCUT2D eigenvalue weighted by molar-refractivity contribution is 6.23. The van der Waals surface area contributed by atoms with E-state index in [1.807, 2.05) is 42.5 Å². The van der Waals surface area contributed by atoms with E-state index in [2.05, 4.69) is 27.1 Å². The summed E-state index contributed by atoms with van der Waals surface area (Å²) in [5.41, 5.74) is 10.5. The van der Waals surface area contributed by atoms with Crippen LogP contribution in [0.5, 0.6) is 0 Å². The fourth-order valence-electron chi connectivity index (χ4n) is 3.37. The van der Waals surface area contributed by atoms with Crippen LogP contribution in [0.4, 0.5) is 17.1 Å². The van der Waals surface area contributed by atoms with Crippen LogP contribution in [-0.4, -0.2) is 24.6 Å². The number of para-hydroxylation sites is 2. The smallest absolute Gasteiger partial charge is 0.142 e. The zero-order valence-electron chi connectivity index (χ0n) is 14.4. The number of halogens is 1. The molecule has 0 atom stereocenters. The SMILES string of the molecule is ClNc1ccc(CNNC2=Nc3ccccc3NC23CCOCC3)cc1. The van der Waals surface area contributed by atoms with Crippen LogP contribution < -0.4 is 21.0 Å². The van der Waals surface area contributed by atoms with E-state index in [1.54, 1.807) is 0 Å². The summed E-state index contributed by atoms with van der Waals surface area (Å²) < 4.78 is 5.57. The first-order valence-corrected chi connectivity index (χ1v) is 9.15. The molecule has 26 heavy (non-hydrogen) atoms. The average Bonchev–Trinajstić information content (AvgIpc) is 2.69. The van der Waals surface area contributed by atoms with E-state index in [-0.39, 0.29) is 5.54 Å². The number of anilines is 2. The van der Waals surface area contributed by atoms with Gasteiger partial charge in [0.15, 0.2) is 0 Å². The highest BCUT2D eigenvalue weighted by Crippen LogP contribution is 2.37. The molecular formula is C19H22ClN5O. The van der Waals surface area contributed by atoms with Gasteiger partial charge in [-0.15, -0.1) is 0 Å². The number of ether oxygens (including phenoxy) is 1. The van der Waals surface area contributed by atoms with Crippen LogP contribution in [0.3, 0.4) is 0 Å². The number of hydrazine groups is 1. The summed E-state index contributed by atoms with van der Waals surface area (Å²) in [6.07, 6.45) is 1.76. The van der Waals surface area contributed by atoms with Gasteiger partial charge in [-0.25, -0.2) is 10.4 Å². The molecule has 0 aliphatic carbocycles. The summed E-state index contributed by atoms with van der Waals surface area (Å²) in [6.45, 7) is 2.13. The van der Waals surface area contributed by atoms with Crippen molar-refractivity contribution in [1.29, 1.82) is 0 Å². The number of rotatable bonds is 4. The first-order valence-electron chi connectivity index (χ1n) is 8.78. The van der Waals surface area contributed by atoms with Gasteiger partial charge in [0.1, 0.15) is 11.4 Å². The van der Waals surface area contributed by atoms with Crippen molar-refractivity contribution in [1.82, 2.24) is 10.9 Å². The molecule has 0 saturated carbocycles. The average molecular weight is 372 g/mol. The number of hydrogen-bond donors (Lipinski definition) is 4. The maximum atomic E-state index is 5.60. The summed E-state index contributed by atoms with van der Waals surface area (Å²) >= 11 is 5.60. The Kier molecular flexibility index (Phi) is 4.97. The van der Waals surface area contributed by atoms with Crippen LogP contribution in [0, 0.1) is 0 Å². The fourth-order valence-corrected chi connectivity index (χ4v) is 3.49. The second-order valence-electron chi connectivity index (χ2n) is 6.57. The quantitative estimate of drug-likeness (QED) is 0.489. The van der Waals surface area contributed by atoms with Gasteiger partial charge in [-0.05, 0) is 29.8 Å². The Hall–Kier alpha value is -2.28. The van der Waals surface area contributed by atoms with Gasteiger partial charge in [-0.3, -0.25) is 4.84 Å². The van der Waals surface area contributed by atoms with Gasteiger partial charge < -0.3 is 15.5 Å². The van der Waals surface area contributed by atoms with Gasteiger partial charge in [-0.1, -0.05) is 24.3 Å². The highest BCUT2D eigenvalue weighted by Gasteiger charge is 2.40. The molecule has 2 heterocycles. The van der Waals surface area contributed by atoms with E-state index >= 15 is 0 Å². The molecule has 0 bridgehead atoms. The Balaban J connectivity index is 1.49. The molecule has 1 spiro atoms. The summed E-state index contributed by atoms with van der Waals surface area (Å²) in [5, 5.41) is 3.69. The van der Waals surface area contributed by atoms with Crippen molar-refractivity contribution in [2.45, 2.75) is 24.9 Å². The molecule has 2 aliphatic rings. The lowest BCUT2D eigenvalue weighted by molar-refractivity contribution is 0.0768. The van der Waals surface area contributed by atoms with Crippen molar-refractivity contribution in [3.05, 3.63) is 54.1 Å². The van der Waals surface area contributed by atoms with Gasteiger partial charge >= 0.3 is 0 Å². The predicted octanol–water partition coefficient (Wildman–Crippen LogP) is 3.55. The molecule has 4 rings (SSSR count). The standard InChI is InChI=1S/C19H22ClN5O/c20-24-15-7-5-14(6-8-15)13-21-25-18-19(9-11-26-12-10-19)23-17-4-2-1-3-16(17)22-18/h1-8,21,23-24H,9-13H2,(H,22,25). The van der Waals surface area contributed by atoms with Gasteiger partial charge in [0.2, 0.25) is 0 Å². The van der Waals surface area contributed by atoms with E-state index in [4.69, 9.17) is 21.5 Å². The van der Waals surface area contributed by atoms with E-state index in [9.17, 15) is 0 Å². The molecule has 136 valence electrons. The van der Waals surface area contributed by atoms with Crippen LogP contribution in [0.2, 0.25) is 0 Å². The number of aliphatic imine (C=N–C) groups is 1. The van der Waals surface area contributed by atoms with E-state index in [0.717, 1.165) is 54.5 Å². The largest absolute Gasteiger partial charge is 0.381 e. The van der Waals surface area contributed by atoms with Crippen LogP contribution in [0.25, 0.3) is 0 Å². The Morgan fingerprint density at radius 1 is 1.08 bits per heavy atom. The number of amidine groups is 1. The second-order valence-corrected chi connectivity index (χ2v) is 6.76. The molecule has 1 fully saturated rings. The van der Waals surface area contributed by atoms with Crippen LogP contribution in [0.15, 0.2) is 53.5 Å².